The number of phenols is 1. The van der Waals surface area contributed by atoms with Crippen molar-refractivity contribution >= 4 is 21.7 Å². The van der Waals surface area contributed by atoms with Gasteiger partial charge in [-0.05, 0) is 52.4 Å². The number of aryl methyl sites for hydroxylation is 1. The van der Waals surface area contributed by atoms with Gasteiger partial charge in [0.1, 0.15) is 5.75 Å². The highest BCUT2D eigenvalue weighted by Crippen LogP contribution is 2.42. The highest BCUT2D eigenvalue weighted by atomic mass is 79.9. The second-order valence-electron chi connectivity index (χ2n) is 4.19. The molecule has 88 valence electrons. The van der Waals surface area contributed by atoms with Crippen LogP contribution in [0.1, 0.15) is 17.5 Å². The zero-order valence-corrected chi connectivity index (χ0v) is 10.6. The average Bonchev–Trinajstić information content (AvgIpc) is 2.91. The molecule has 4 nitrogen and oxygen atoms in total. The van der Waals surface area contributed by atoms with E-state index in [1.807, 2.05) is 6.07 Å². The van der Waals surface area contributed by atoms with Gasteiger partial charge in [-0.15, -0.1) is 0 Å². The zero-order chi connectivity index (χ0) is 12.0. The first-order valence-electron chi connectivity index (χ1n) is 5.42. The van der Waals surface area contributed by atoms with Crippen LogP contribution in [0.25, 0.3) is 11.3 Å². The predicted molar refractivity (Wildman–Crippen MR) is 67.7 cm³/mol. The maximum atomic E-state index is 10.1. The van der Waals surface area contributed by atoms with E-state index >= 15 is 0 Å². The fourth-order valence-corrected chi connectivity index (χ4v) is 2.95. The fourth-order valence-electron chi connectivity index (χ4n) is 2.28. The number of aromatic nitrogens is 1. The summed E-state index contributed by atoms with van der Waals surface area (Å²) in [6.07, 6.45) is 3.16. The molecule has 0 aliphatic heterocycles. The molecule has 5 heteroatoms. The molecule has 1 heterocycles. The Kier molecular flexibility index (Phi) is 2.36. The molecular formula is C12H11BrN2O2. The molecule has 0 fully saturated rings. The van der Waals surface area contributed by atoms with Gasteiger partial charge in [-0.1, -0.05) is 5.16 Å². The Hall–Kier alpha value is -1.49. The van der Waals surface area contributed by atoms with Crippen LogP contribution in [-0.4, -0.2) is 10.3 Å². The van der Waals surface area contributed by atoms with E-state index in [0.29, 0.717) is 17.1 Å². The quantitative estimate of drug-likeness (QED) is 0.848. The third kappa shape index (κ3) is 1.61. The lowest BCUT2D eigenvalue weighted by Gasteiger charge is -2.08. The third-order valence-electron chi connectivity index (χ3n) is 3.10. The Morgan fingerprint density at radius 1 is 1.35 bits per heavy atom. The second-order valence-corrected chi connectivity index (χ2v) is 4.99. The van der Waals surface area contributed by atoms with E-state index in [2.05, 4.69) is 21.1 Å². The van der Waals surface area contributed by atoms with Crippen LogP contribution in [0.5, 0.6) is 5.75 Å². The molecule has 1 aromatic carbocycles. The van der Waals surface area contributed by atoms with Crippen LogP contribution in [0.2, 0.25) is 0 Å². The van der Waals surface area contributed by atoms with Crippen LogP contribution in [0.4, 0.5) is 5.82 Å². The van der Waals surface area contributed by atoms with Gasteiger partial charge in [0.05, 0.1) is 10.0 Å². The first kappa shape index (κ1) is 10.7. The van der Waals surface area contributed by atoms with Crippen LogP contribution < -0.4 is 5.73 Å². The molecule has 0 bridgehead atoms. The molecule has 3 N–H and O–H groups in total. The summed E-state index contributed by atoms with van der Waals surface area (Å²) in [4.78, 5) is 0. The van der Waals surface area contributed by atoms with E-state index in [4.69, 9.17) is 10.3 Å². The molecule has 0 radical (unpaired) electrons. The summed E-state index contributed by atoms with van der Waals surface area (Å²) in [5.74, 6) is 1.01. The Labute approximate surface area is 107 Å². The lowest BCUT2D eigenvalue weighted by Crippen LogP contribution is -1.88. The normalized spacial score (nSPS) is 13.9. The summed E-state index contributed by atoms with van der Waals surface area (Å²) in [5, 5.41) is 13.8. The number of hydrogen-bond acceptors (Lipinski definition) is 4. The van der Waals surface area contributed by atoms with E-state index in [1.165, 1.54) is 11.1 Å². The van der Waals surface area contributed by atoms with Crippen molar-refractivity contribution in [2.45, 2.75) is 19.3 Å². The highest BCUT2D eigenvalue weighted by Gasteiger charge is 2.22. The van der Waals surface area contributed by atoms with Crippen molar-refractivity contribution in [3.8, 4) is 17.1 Å². The number of nitrogens with zero attached hydrogens (tertiary/aromatic N) is 1. The van der Waals surface area contributed by atoms with Gasteiger partial charge >= 0.3 is 0 Å². The molecule has 0 spiro atoms. The van der Waals surface area contributed by atoms with Crippen LogP contribution in [0.15, 0.2) is 21.1 Å². The number of hydrogen-bond donors (Lipinski definition) is 2. The van der Waals surface area contributed by atoms with Gasteiger partial charge in [0, 0.05) is 6.07 Å². The predicted octanol–water partition coefficient (Wildman–Crippen LogP) is 2.88. The number of aromatic hydroxyl groups is 1. The Morgan fingerprint density at radius 3 is 2.88 bits per heavy atom. The molecule has 3 rings (SSSR count). The van der Waals surface area contributed by atoms with E-state index < -0.39 is 0 Å². The molecule has 2 aromatic rings. The molecule has 1 aromatic heterocycles. The number of nitrogen functional groups attached to an aromatic ring is 1. The van der Waals surface area contributed by atoms with Crippen LogP contribution in [0.3, 0.4) is 0 Å². The Bertz CT molecular complexity index is 592. The summed E-state index contributed by atoms with van der Waals surface area (Å²) in [6.45, 7) is 0. The lowest BCUT2D eigenvalue weighted by molar-refractivity contribution is 0.428. The molecule has 0 saturated heterocycles. The van der Waals surface area contributed by atoms with E-state index in [0.717, 1.165) is 23.7 Å². The van der Waals surface area contributed by atoms with Gasteiger partial charge < -0.3 is 15.4 Å². The van der Waals surface area contributed by atoms with Gasteiger partial charge in [-0.2, -0.15) is 0 Å². The molecule has 0 atom stereocenters. The summed E-state index contributed by atoms with van der Waals surface area (Å²) in [5.41, 5.74) is 8.60. The maximum Gasteiger partial charge on any atom is 0.172 e. The largest absolute Gasteiger partial charge is 0.506 e. The van der Waals surface area contributed by atoms with Gasteiger partial charge in [0.2, 0.25) is 0 Å². The average molecular weight is 295 g/mol. The maximum absolute atomic E-state index is 10.1. The molecule has 0 amide bonds. The molecule has 1 aliphatic rings. The van der Waals surface area contributed by atoms with Crippen molar-refractivity contribution < 1.29 is 9.63 Å². The number of phenolic OH excluding ortho intramolecular Hbond substituents is 1. The molecular weight excluding hydrogens is 284 g/mol. The minimum atomic E-state index is 0.196. The number of anilines is 1. The number of rotatable bonds is 1. The number of fused-ring (bicyclic) bond motifs is 1. The van der Waals surface area contributed by atoms with Crippen LogP contribution in [-0.2, 0) is 12.8 Å². The number of nitrogens with two attached hydrogens (primary N) is 1. The number of halogens is 1. The Morgan fingerprint density at radius 2 is 2.18 bits per heavy atom. The smallest absolute Gasteiger partial charge is 0.172 e. The first-order chi connectivity index (χ1) is 8.16. The van der Waals surface area contributed by atoms with Crippen molar-refractivity contribution in [1.82, 2.24) is 5.16 Å². The Balaban J connectivity index is 2.21. The van der Waals surface area contributed by atoms with Crippen molar-refractivity contribution in [3.63, 3.8) is 0 Å². The van der Waals surface area contributed by atoms with E-state index in [-0.39, 0.29) is 5.75 Å². The van der Waals surface area contributed by atoms with Crippen LogP contribution >= 0.6 is 15.9 Å². The summed E-state index contributed by atoms with van der Waals surface area (Å²) in [6, 6.07) is 3.57. The third-order valence-corrected chi connectivity index (χ3v) is 3.96. The lowest BCUT2D eigenvalue weighted by atomic mass is 10.0. The van der Waals surface area contributed by atoms with E-state index in [1.54, 1.807) is 6.07 Å². The second kappa shape index (κ2) is 3.77. The van der Waals surface area contributed by atoms with Gasteiger partial charge in [0.15, 0.2) is 11.6 Å². The van der Waals surface area contributed by atoms with Gasteiger partial charge in [0.25, 0.3) is 0 Å². The fraction of sp³-hybridized carbons (Fsp3) is 0.250. The first-order valence-corrected chi connectivity index (χ1v) is 6.22. The van der Waals surface area contributed by atoms with Crippen LogP contribution in [0, 0.1) is 0 Å². The topological polar surface area (TPSA) is 72.3 Å². The SMILES string of the molecule is Nc1cc(-c2cc3c(c(Br)c2O)CCC3)on1. The van der Waals surface area contributed by atoms with Gasteiger partial charge in [-0.25, -0.2) is 0 Å². The molecule has 0 saturated carbocycles. The van der Waals surface area contributed by atoms with Crippen molar-refractivity contribution in [2.75, 3.05) is 5.73 Å². The molecule has 0 unspecified atom stereocenters. The number of benzene rings is 1. The summed E-state index contributed by atoms with van der Waals surface area (Å²) in [7, 11) is 0. The highest BCUT2D eigenvalue weighted by molar-refractivity contribution is 9.10. The van der Waals surface area contributed by atoms with E-state index in [9.17, 15) is 5.11 Å². The van der Waals surface area contributed by atoms with Gasteiger partial charge in [-0.3, -0.25) is 0 Å². The van der Waals surface area contributed by atoms with Crippen molar-refractivity contribution in [3.05, 3.63) is 27.7 Å². The summed E-state index contributed by atoms with van der Waals surface area (Å²) >= 11 is 3.44. The molecule has 1 aliphatic carbocycles. The molecule has 17 heavy (non-hydrogen) atoms. The van der Waals surface area contributed by atoms with Crippen molar-refractivity contribution in [1.29, 1.82) is 0 Å². The monoisotopic (exact) mass is 294 g/mol. The minimum Gasteiger partial charge on any atom is -0.506 e. The standard InChI is InChI=1S/C12H11BrN2O2/c13-11-7-3-1-2-6(7)4-8(12(11)16)9-5-10(14)15-17-9/h4-5,16H,1-3H2,(H2,14,15). The minimum absolute atomic E-state index is 0.196. The zero-order valence-electron chi connectivity index (χ0n) is 9.03. The summed E-state index contributed by atoms with van der Waals surface area (Å²) < 4.78 is 5.85. The van der Waals surface area contributed by atoms with Crippen molar-refractivity contribution in [2.24, 2.45) is 0 Å².